The molecule has 2 N–H and O–H groups in total. The topological polar surface area (TPSA) is 29.3 Å². The van der Waals surface area contributed by atoms with Gasteiger partial charge in [0.05, 0.1) is 0 Å². The van der Waals surface area contributed by atoms with Gasteiger partial charge in [0.15, 0.2) is 0 Å². The fourth-order valence-corrected chi connectivity index (χ4v) is 3.85. The van der Waals surface area contributed by atoms with Crippen LogP contribution in [0, 0.1) is 5.41 Å². The minimum atomic E-state index is 0.418. The highest BCUT2D eigenvalue weighted by Crippen LogP contribution is 2.46. The van der Waals surface area contributed by atoms with Crippen molar-refractivity contribution in [1.29, 1.82) is 0 Å². The molecule has 1 heterocycles. The molecule has 0 unspecified atom stereocenters. The lowest BCUT2D eigenvalue weighted by Gasteiger charge is -2.43. The van der Waals surface area contributed by atoms with E-state index in [-0.39, 0.29) is 0 Å². The average Bonchev–Trinajstić information content (AvgIpc) is 2.12. The normalized spacial score (nSPS) is 26.6. The van der Waals surface area contributed by atoms with E-state index in [1.807, 2.05) is 0 Å². The van der Waals surface area contributed by atoms with Crippen molar-refractivity contribution in [2.45, 2.75) is 39.2 Å². The summed E-state index contributed by atoms with van der Waals surface area (Å²) in [6.07, 6.45) is 2.49. The Morgan fingerprint density at radius 2 is 2.00 bits per heavy atom. The molecule has 1 aromatic rings. The fourth-order valence-electron chi connectivity index (χ4n) is 3.85. The highest BCUT2D eigenvalue weighted by molar-refractivity contribution is 5.53. The van der Waals surface area contributed by atoms with Gasteiger partial charge in [0.2, 0.25) is 0 Å². The first-order valence-corrected chi connectivity index (χ1v) is 6.54. The Balaban J connectivity index is 2.16. The Morgan fingerprint density at radius 3 is 2.76 bits per heavy atom. The van der Waals surface area contributed by atoms with E-state index in [1.165, 1.54) is 30.5 Å². The van der Waals surface area contributed by atoms with Crippen LogP contribution in [0.5, 0.6) is 0 Å². The van der Waals surface area contributed by atoms with Crippen molar-refractivity contribution in [3.05, 3.63) is 28.8 Å². The molecule has 0 saturated heterocycles. The van der Waals surface area contributed by atoms with Crippen molar-refractivity contribution in [3.8, 4) is 0 Å². The minimum Gasteiger partial charge on any atom is -0.399 e. The zero-order valence-electron chi connectivity index (χ0n) is 11.1. The molecule has 2 aliphatic rings. The quantitative estimate of drug-likeness (QED) is 0.694. The molecule has 17 heavy (non-hydrogen) atoms. The van der Waals surface area contributed by atoms with Gasteiger partial charge < -0.3 is 10.6 Å². The predicted octanol–water partition coefficient (Wildman–Crippen LogP) is 2.77. The van der Waals surface area contributed by atoms with Gasteiger partial charge in [0.1, 0.15) is 0 Å². The number of nitrogens with zero attached hydrogens (tertiary/aromatic N) is 1. The molecule has 0 spiro atoms. The lowest BCUT2D eigenvalue weighted by Crippen LogP contribution is -2.37. The van der Waals surface area contributed by atoms with Gasteiger partial charge in [-0.3, -0.25) is 0 Å². The third kappa shape index (κ3) is 1.85. The van der Waals surface area contributed by atoms with Crippen LogP contribution >= 0.6 is 0 Å². The molecule has 0 radical (unpaired) electrons. The maximum atomic E-state index is 6.04. The van der Waals surface area contributed by atoms with E-state index >= 15 is 0 Å². The van der Waals surface area contributed by atoms with Crippen molar-refractivity contribution < 1.29 is 0 Å². The monoisotopic (exact) mass is 230 g/mol. The molecule has 3 rings (SSSR count). The van der Waals surface area contributed by atoms with Crippen LogP contribution < -0.4 is 5.73 Å². The number of likely N-dealkylation sites (N-methyl/N-ethyl adjacent to an activating group) is 1. The smallest absolute Gasteiger partial charge is 0.0320 e. The second-order valence-electron chi connectivity index (χ2n) is 6.69. The average molecular weight is 230 g/mol. The largest absolute Gasteiger partial charge is 0.399 e. The first-order chi connectivity index (χ1) is 7.94. The summed E-state index contributed by atoms with van der Waals surface area (Å²) in [5.74, 6) is 0.711. The van der Waals surface area contributed by atoms with Crippen LogP contribution in [0.4, 0.5) is 5.69 Å². The van der Waals surface area contributed by atoms with Gasteiger partial charge in [-0.1, -0.05) is 13.8 Å². The summed E-state index contributed by atoms with van der Waals surface area (Å²) in [7, 11) is 2.22. The summed E-state index contributed by atoms with van der Waals surface area (Å²) in [6.45, 7) is 7.03. The summed E-state index contributed by atoms with van der Waals surface area (Å²) < 4.78 is 0. The molecule has 0 aromatic heterocycles. The minimum absolute atomic E-state index is 0.418. The number of nitrogens with two attached hydrogens (primary N) is 1. The maximum absolute atomic E-state index is 6.04. The standard InChI is InChI=1S/C15H22N2/c1-15(2)6-10-4-13(16)5-11-8-17(3)9-12(7-15)14(10)11/h4-5,12H,6-9,16H2,1-3H3/t12-/m0/s1. The van der Waals surface area contributed by atoms with E-state index in [0.29, 0.717) is 11.3 Å². The van der Waals surface area contributed by atoms with E-state index in [0.717, 1.165) is 12.2 Å². The summed E-state index contributed by atoms with van der Waals surface area (Å²) in [4.78, 5) is 2.43. The maximum Gasteiger partial charge on any atom is 0.0320 e. The van der Waals surface area contributed by atoms with Crippen molar-refractivity contribution in [1.82, 2.24) is 4.90 Å². The van der Waals surface area contributed by atoms with Gasteiger partial charge in [-0.25, -0.2) is 0 Å². The summed E-state index contributed by atoms with van der Waals surface area (Å²) in [5, 5.41) is 0. The second-order valence-corrected chi connectivity index (χ2v) is 6.69. The van der Waals surface area contributed by atoms with Crippen LogP contribution in [-0.4, -0.2) is 18.5 Å². The molecule has 92 valence electrons. The molecule has 0 saturated carbocycles. The van der Waals surface area contributed by atoms with Crippen LogP contribution in [0.1, 0.15) is 42.9 Å². The molecule has 1 aliphatic carbocycles. The summed E-state index contributed by atoms with van der Waals surface area (Å²) in [5.41, 5.74) is 12.0. The van der Waals surface area contributed by atoms with Crippen molar-refractivity contribution in [2.75, 3.05) is 19.3 Å². The molecule has 2 nitrogen and oxygen atoms in total. The fraction of sp³-hybridized carbons (Fsp3) is 0.600. The SMILES string of the molecule is CN1Cc2cc(N)cc3c2[C@H](C1)CC(C)(C)C3. The van der Waals surface area contributed by atoms with Crippen LogP contribution in [0.25, 0.3) is 0 Å². The first-order valence-electron chi connectivity index (χ1n) is 6.54. The van der Waals surface area contributed by atoms with Crippen molar-refractivity contribution >= 4 is 5.69 Å². The van der Waals surface area contributed by atoms with Crippen LogP contribution in [0.3, 0.4) is 0 Å². The lowest BCUT2D eigenvalue weighted by molar-refractivity contribution is 0.207. The number of rotatable bonds is 0. The molecule has 0 amide bonds. The van der Waals surface area contributed by atoms with E-state index in [4.69, 9.17) is 5.73 Å². The number of benzene rings is 1. The van der Waals surface area contributed by atoms with E-state index < -0.39 is 0 Å². The van der Waals surface area contributed by atoms with Gasteiger partial charge in [-0.05, 0) is 60.0 Å². The zero-order valence-corrected chi connectivity index (χ0v) is 11.1. The number of nitrogen functional groups attached to an aromatic ring is 1. The number of hydrogen-bond acceptors (Lipinski definition) is 2. The van der Waals surface area contributed by atoms with Gasteiger partial charge >= 0.3 is 0 Å². The molecule has 1 aromatic carbocycles. The van der Waals surface area contributed by atoms with Gasteiger partial charge in [0, 0.05) is 18.8 Å². The van der Waals surface area contributed by atoms with Gasteiger partial charge in [-0.15, -0.1) is 0 Å². The second kappa shape index (κ2) is 3.49. The molecule has 2 heteroatoms. The Labute approximate surface area is 104 Å². The van der Waals surface area contributed by atoms with E-state index in [9.17, 15) is 0 Å². The Bertz CT molecular complexity index is 462. The molecular formula is C15H22N2. The lowest BCUT2D eigenvalue weighted by atomic mass is 9.67. The molecule has 1 atom stereocenters. The van der Waals surface area contributed by atoms with Crippen molar-refractivity contribution in [3.63, 3.8) is 0 Å². The highest BCUT2D eigenvalue weighted by Gasteiger charge is 2.36. The third-order valence-corrected chi connectivity index (χ3v) is 4.22. The van der Waals surface area contributed by atoms with E-state index in [1.54, 1.807) is 5.56 Å². The van der Waals surface area contributed by atoms with Crippen molar-refractivity contribution in [2.24, 2.45) is 5.41 Å². The molecule has 0 bridgehead atoms. The Morgan fingerprint density at radius 1 is 1.29 bits per heavy atom. The van der Waals surface area contributed by atoms with Crippen LogP contribution in [0.15, 0.2) is 12.1 Å². The predicted molar refractivity (Wildman–Crippen MR) is 72.0 cm³/mol. The summed E-state index contributed by atoms with van der Waals surface area (Å²) >= 11 is 0. The Hall–Kier alpha value is -1.02. The Kier molecular flexibility index (Phi) is 2.27. The number of anilines is 1. The summed E-state index contributed by atoms with van der Waals surface area (Å²) in [6, 6.07) is 4.39. The van der Waals surface area contributed by atoms with Crippen LogP contribution in [0.2, 0.25) is 0 Å². The first kappa shape index (κ1) is 11.1. The third-order valence-electron chi connectivity index (χ3n) is 4.22. The highest BCUT2D eigenvalue weighted by atomic mass is 15.1. The van der Waals surface area contributed by atoms with Gasteiger partial charge in [0.25, 0.3) is 0 Å². The molecule has 1 aliphatic heterocycles. The van der Waals surface area contributed by atoms with E-state index in [2.05, 4.69) is 37.9 Å². The molecule has 0 fully saturated rings. The number of hydrogen-bond donors (Lipinski definition) is 1. The zero-order chi connectivity index (χ0) is 12.2. The molecular weight excluding hydrogens is 208 g/mol. The van der Waals surface area contributed by atoms with Gasteiger partial charge in [-0.2, -0.15) is 0 Å². The van der Waals surface area contributed by atoms with Crippen LogP contribution in [-0.2, 0) is 13.0 Å².